The van der Waals surface area contributed by atoms with Crippen LogP contribution in [-0.4, -0.2) is 35.7 Å². The van der Waals surface area contributed by atoms with Crippen molar-refractivity contribution in [3.05, 3.63) is 23.9 Å². The second kappa shape index (κ2) is 5.32. The number of hydrogen-bond acceptors (Lipinski definition) is 5. The molecule has 3 atom stereocenters. The molecule has 0 aliphatic heterocycles. The van der Waals surface area contributed by atoms with E-state index in [1.54, 1.807) is 18.3 Å². The van der Waals surface area contributed by atoms with Gasteiger partial charge in [-0.1, -0.05) is 0 Å². The SMILES string of the molecule is CCOC1CC(N)C1Nc1ncccc1C(N)=O. The summed E-state index contributed by atoms with van der Waals surface area (Å²) in [5.41, 5.74) is 11.6. The topological polar surface area (TPSA) is 103 Å². The number of amides is 1. The Labute approximate surface area is 106 Å². The summed E-state index contributed by atoms with van der Waals surface area (Å²) >= 11 is 0. The molecular weight excluding hydrogens is 232 g/mol. The molecule has 18 heavy (non-hydrogen) atoms. The minimum absolute atomic E-state index is 0.00397. The first-order chi connectivity index (χ1) is 8.63. The van der Waals surface area contributed by atoms with Crippen molar-refractivity contribution in [3.8, 4) is 0 Å². The van der Waals surface area contributed by atoms with Crippen molar-refractivity contribution in [3.63, 3.8) is 0 Å². The van der Waals surface area contributed by atoms with E-state index < -0.39 is 5.91 Å². The number of ether oxygens (including phenoxy) is 1. The molecule has 1 heterocycles. The van der Waals surface area contributed by atoms with Gasteiger partial charge in [0.25, 0.3) is 5.91 Å². The second-order valence-corrected chi connectivity index (χ2v) is 4.33. The third-order valence-electron chi connectivity index (χ3n) is 3.12. The average molecular weight is 250 g/mol. The summed E-state index contributed by atoms with van der Waals surface area (Å²) in [6, 6.07) is 3.28. The van der Waals surface area contributed by atoms with Crippen molar-refractivity contribution in [2.45, 2.75) is 31.5 Å². The van der Waals surface area contributed by atoms with E-state index in [9.17, 15) is 4.79 Å². The summed E-state index contributed by atoms with van der Waals surface area (Å²) in [6.07, 6.45) is 2.48. The van der Waals surface area contributed by atoms with Gasteiger partial charge in [-0.2, -0.15) is 0 Å². The minimum Gasteiger partial charge on any atom is -0.376 e. The number of aromatic nitrogens is 1. The molecule has 6 heteroatoms. The predicted octanol–water partition coefficient (Wildman–Crippen LogP) is 0.0971. The average Bonchev–Trinajstić information content (AvgIpc) is 2.36. The van der Waals surface area contributed by atoms with Crippen LogP contribution in [0, 0.1) is 0 Å². The molecule has 1 aliphatic carbocycles. The fourth-order valence-electron chi connectivity index (χ4n) is 2.10. The fourth-order valence-corrected chi connectivity index (χ4v) is 2.10. The molecule has 1 fully saturated rings. The number of primary amides is 1. The number of nitrogens with zero attached hydrogens (tertiary/aromatic N) is 1. The standard InChI is InChI=1S/C12H18N4O2/c1-2-18-9-6-8(13)10(9)16-12-7(11(14)17)4-3-5-15-12/h3-5,8-10H,2,6,13H2,1H3,(H2,14,17)(H,15,16). The molecule has 0 spiro atoms. The van der Waals surface area contributed by atoms with E-state index in [0.717, 1.165) is 6.42 Å². The van der Waals surface area contributed by atoms with E-state index in [0.29, 0.717) is 18.0 Å². The molecule has 1 amide bonds. The third kappa shape index (κ3) is 2.44. The molecule has 0 radical (unpaired) electrons. The lowest BCUT2D eigenvalue weighted by Gasteiger charge is -2.42. The molecule has 1 aromatic heterocycles. The Morgan fingerprint density at radius 1 is 1.67 bits per heavy atom. The van der Waals surface area contributed by atoms with E-state index in [-0.39, 0.29) is 18.2 Å². The van der Waals surface area contributed by atoms with Crippen LogP contribution < -0.4 is 16.8 Å². The number of carbonyl (C=O) groups is 1. The maximum absolute atomic E-state index is 11.3. The molecule has 5 N–H and O–H groups in total. The number of rotatable bonds is 5. The molecule has 1 aliphatic rings. The largest absolute Gasteiger partial charge is 0.376 e. The lowest BCUT2D eigenvalue weighted by Crippen LogP contribution is -2.60. The van der Waals surface area contributed by atoms with Crippen molar-refractivity contribution in [1.29, 1.82) is 0 Å². The first kappa shape index (κ1) is 12.8. The van der Waals surface area contributed by atoms with Gasteiger partial charge >= 0.3 is 0 Å². The van der Waals surface area contributed by atoms with Crippen molar-refractivity contribution >= 4 is 11.7 Å². The van der Waals surface area contributed by atoms with Gasteiger partial charge in [-0.3, -0.25) is 4.79 Å². The molecular formula is C12H18N4O2. The Morgan fingerprint density at radius 3 is 3.06 bits per heavy atom. The first-order valence-corrected chi connectivity index (χ1v) is 6.02. The van der Waals surface area contributed by atoms with E-state index >= 15 is 0 Å². The van der Waals surface area contributed by atoms with E-state index in [2.05, 4.69) is 10.3 Å². The Kier molecular flexibility index (Phi) is 3.78. The van der Waals surface area contributed by atoms with Crippen molar-refractivity contribution in [2.24, 2.45) is 11.5 Å². The summed E-state index contributed by atoms with van der Waals surface area (Å²) in [5, 5.41) is 3.15. The van der Waals surface area contributed by atoms with Crippen LogP contribution in [0.5, 0.6) is 0 Å². The monoisotopic (exact) mass is 250 g/mol. The molecule has 0 bridgehead atoms. The van der Waals surface area contributed by atoms with Crippen LogP contribution >= 0.6 is 0 Å². The lowest BCUT2D eigenvalue weighted by atomic mass is 9.83. The third-order valence-corrected chi connectivity index (χ3v) is 3.12. The quantitative estimate of drug-likeness (QED) is 0.687. The maximum Gasteiger partial charge on any atom is 0.252 e. The minimum atomic E-state index is -0.508. The molecule has 98 valence electrons. The van der Waals surface area contributed by atoms with Crippen LogP contribution in [0.15, 0.2) is 18.3 Å². The van der Waals surface area contributed by atoms with Crippen LogP contribution in [0.25, 0.3) is 0 Å². The van der Waals surface area contributed by atoms with Crippen LogP contribution in [0.1, 0.15) is 23.7 Å². The van der Waals surface area contributed by atoms with Crippen LogP contribution in [0.3, 0.4) is 0 Å². The number of anilines is 1. The van der Waals surface area contributed by atoms with Gasteiger partial charge < -0.3 is 21.5 Å². The molecule has 2 rings (SSSR count). The Balaban J connectivity index is 2.11. The van der Waals surface area contributed by atoms with Crippen LogP contribution in [0.4, 0.5) is 5.82 Å². The van der Waals surface area contributed by atoms with Crippen LogP contribution in [-0.2, 0) is 4.74 Å². The van der Waals surface area contributed by atoms with Gasteiger partial charge in [0.2, 0.25) is 0 Å². The number of carbonyl (C=O) groups excluding carboxylic acids is 1. The molecule has 6 nitrogen and oxygen atoms in total. The van der Waals surface area contributed by atoms with Gasteiger partial charge in [-0.25, -0.2) is 4.98 Å². The van der Waals surface area contributed by atoms with Gasteiger partial charge in [-0.15, -0.1) is 0 Å². The molecule has 3 unspecified atom stereocenters. The first-order valence-electron chi connectivity index (χ1n) is 6.02. The Morgan fingerprint density at radius 2 is 2.44 bits per heavy atom. The maximum atomic E-state index is 11.3. The summed E-state index contributed by atoms with van der Waals surface area (Å²) < 4.78 is 5.55. The van der Waals surface area contributed by atoms with Gasteiger partial charge in [0.05, 0.1) is 17.7 Å². The summed E-state index contributed by atoms with van der Waals surface area (Å²) in [7, 11) is 0. The number of pyridine rings is 1. The Bertz CT molecular complexity index is 436. The predicted molar refractivity (Wildman–Crippen MR) is 68.2 cm³/mol. The van der Waals surface area contributed by atoms with Crippen molar-refractivity contribution < 1.29 is 9.53 Å². The van der Waals surface area contributed by atoms with Gasteiger partial charge in [0, 0.05) is 18.8 Å². The van der Waals surface area contributed by atoms with Crippen molar-refractivity contribution in [1.82, 2.24) is 4.98 Å². The van der Waals surface area contributed by atoms with Gasteiger partial charge in [0.15, 0.2) is 0 Å². The smallest absolute Gasteiger partial charge is 0.252 e. The normalized spacial score (nSPS) is 26.4. The Hall–Kier alpha value is -1.66. The highest BCUT2D eigenvalue weighted by molar-refractivity contribution is 5.97. The highest BCUT2D eigenvalue weighted by Gasteiger charge is 2.39. The van der Waals surface area contributed by atoms with Crippen molar-refractivity contribution in [2.75, 3.05) is 11.9 Å². The van der Waals surface area contributed by atoms with Gasteiger partial charge in [-0.05, 0) is 25.5 Å². The molecule has 0 aromatic carbocycles. The zero-order valence-corrected chi connectivity index (χ0v) is 10.3. The number of nitrogens with one attached hydrogen (secondary N) is 1. The fraction of sp³-hybridized carbons (Fsp3) is 0.500. The second-order valence-electron chi connectivity index (χ2n) is 4.33. The lowest BCUT2D eigenvalue weighted by molar-refractivity contribution is -0.0127. The van der Waals surface area contributed by atoms with E-state index in [4.69, 9.17) is 16.2 Å². The summed E-state index contributed by atoms with van der Waals surface area (Å²) in [5.74, 6) is -0.0405. The molecule has 1 saturated carbocycles. The number of nitrogens with two attached hydrogens (primary N) is 2. The number of hydrogen-bond donors (Lipinski definition) is 3. The summed E-state index contributed by atoms with van der Waals surface area (Å²) in [4.78, 5) is 15.4. The molecule has 1 aromatic rings. The molecule has 0 saturated heterocycles. The highest BCUT2D eigenvalue weighted by atomic mass is 16.5. The van der Waals surface area contributed by atoms with E-state index in [1.807, 2.05) is 6.92 Å². The van der Waals surface area contributed by atoms with Crippen LogP contribution in [0.2, 0.25) is 0 Å². The zero-order valence-electron chi connectivity index (χ0n) is 10.3. The van der Waals surface area contributed by atoms with Gasteiger partial charge in [0.1, 0.15) is 5.82 Å². The summed E-state index contributed by atoms with van der Waals surface area (Å²) in [6.45, 7) is 2.58. The highest BCUT2D eigenvalue weighted by Crippen LogP contribution is 2.26. The zero-order chi connectivity index (χ0) is 13.1. The van der Waals surface area contributed by atoms with E-state index in [1.165, 1.54) is 0 Å².